The zero-order chi connectivity index (χ0) is 54.9. The summed E-state index contributed by atoms with van der Waals surface area (Å²) in [6.45, 7) is 4.93. The van der Waals surface area contributed by atoms with Gasteiger partial charge in [-0.3, -0.25) is 13.8 Å². The second-order valence-corrected chi connectivity index (χ2v) is 26.0. The SMILES string of the molecule is CCCCCCCCCC/C=C\CCCCCCCCCCCCCCCCCCCCCCCCCCCCCC(=O)NC(COP(=O)(O)OCC[N+](C)(C)C)C(O)CCCCCCCCCCCCCCCC. The Morgan fingerprint density at radius 3 is 1.03 bits per heavy atom. The minimum atomic E-state index is -4.32. The number of nitrogens with zero attached hydrogens (tertiary/aromatic N) is 1. The Hall–Kier alpha value is -0.760. The number of aliphatic hydroxyl groups is 1. The van der Waals surface area contributed by atoms with Crippen LogP contribution in [0, 0.1) is 0 Å². The van der Waals surface area contributed by atoms with E-state index >= 15 is 0 Å². The Bertz CT molecular complexity index is 1230. The summed E-state index contributed by atoms with van der Waals surface area (Å²) >= 11 is 0. The lowest BCUT2D eigenvalue weighted by atomic mass is 10.0. The van der Waals surface area contributed by atoms with E-state index in [-0.39, 0.29) is 19.1 Å². The van der Waals surface area contributed by atoms with Gasteiger partial charge < -0.3 is 19.8 Å². The summed E-state index contributed by atoms with van der Waals surface area (Å²) in [6.07, 6.45) is 73.2. The number of rotatable bonds is 63. The fourth-order valence-corrected chi connectivity index (χ4v) is 11.3. The third kappa shape index (κ3) is 60.7. The highest BCUT2D eigenvalue weighted by atomic mass is 31.2. The number of carbonyl (C=O) groups is 1. The summed E-state index contributed by atoms with van der Waals surface area (Å²) in [6, 6.07) is -0.756. The van der Waals surface area contributed by atoms with E-state index in [1.807, 2.05) is 21.1 Å². The van der Waals surface area contributed by atoms with Crippen LogP contribution < -0.4 is 5.32 Å². The lowest BCUT2D eigenvalue weighted by molar-refractivity contribution is -0.870. The third-order valence-corrected chi connectivity index (χ3v) is 16.7. The number of amides is 1. The van der Waals surface area contributed by atoms with Crippen molar-refractivity contribution in [3.8, 4) is 0 Å². The number of aliphatic hydroxyl groups excluding tert-OH is 1. The summed E-state index contributed by atoms with van der Waals surface area (Å²) in [5.41, 5.74) is 0. The first-order valence-corrected chi connectivity index (χ1v) is 35.0. The van der Waals surface area contributed by atoms with Crippen LogP contribution in [0.2, 0.25) is 0 Å². The van der Waals surface area contributed by atoms with Crippen molar-refractivity contribution in [3.63, 3.8) is 0 Å². The minimum Gasteiger partial charge on any atom is -0.391 e. The van der Waals surface area contributed by atoms with Gasteiger partial charge in [0.1, 0.15) is 13.2 Å². The maximum atomic E-state index is 13.0. The molecule has 0 aliphatic rings. The van der Waals surface area contributed by atoms with Gasteiger partial charge in [0, 0.05) is 6.42 Å². The molecule has 0 bridgehead atoms. The number of phosphoric acid groups is 1. The number of hydrogen-bond acceptors (Lipinski definition) is 5. The predicted octanol–water partition coefficient (Wildman–Crippen LogP) is 20.9. The van der Waals surface area contributed by atoms with Crippen molar-refractivity contribution < 1.29 is 32.9 Å². The lowest BCUT2D eigenvalue weighted by Gasteiger charge is -2.26. The van der Waals surface area contributed by atoms with Gasteiger partial charge in [0.25, 0.3) is 0 Å². The van der Waals surface area contributed by atoms with Crippen molar-refractivity contribution in [1.82, 2.24) is 5.32 Å². The van der Waals surface area contributed by atoms with Gasteiger partial charge in [0.05, 0.1) is 39.9 Å². The van der Waals surface area contributed by atoms with Gasteiger partial charge in [-0.15, -0.1) is 0 Å². The van der Waals surface area contributed by atoms with Crippen LogP contribution in [0.25, 0.3) is 0 Å². The Balaban J connectivity index is 3.82. The van der Waals surface area contributed by atoms with Gasteiger partial charge in [0.2, 0.25) is 5.91 Å². The molecule has 1 amide bonds. The molecule has 0 radical (unpaired) electrons. The van der Waals surface area contributed by atoms with Crippen molar-refractivity contribution >= 4 is 13.7 Å². The molecular formula is C66H134N2O6P+. The van der Waals surface area contributed by atoms with Crippen molar-refractivity contribution in [1.29, 1.82) is 0 Å². The maximum absolute atomic E-state index is 13.0. The topological polar surface area (TPSA) is 105 Å². The third-order valence-electron chi connectivity index (χ3n) is 15.8. The average molecular weight is 1080 g/mol. The van der Waals surface area contributed by atoms with Gasteiger partial charge in [-0.1, -0.05) is 321 Å². The Kier molecular flexibility index (Phi) is 57.3. The molecule has 0 fully saturated rings. The van der Waals surface area contributed by atoms with Crippen LogP contribution in [-0.2, 0) is 18.4 Å². The molecule has 0 spiro atoms. The second kappa shape index (κ2) is 57.9. The van der Waals surface area contributed by atoms with E-state index in [1.54, 1.807) is 0 Å². The van der Waals surface area contributed by atoms with Gasteiger partial charge in [-0.25, -0.2) is 4.57 Å². The number of hydrogen-bond donors (Lipinski definition) is 3. The molecule has 8 nitrogen and oxygen atoms in total. The predicted molar refractivity (Wildman–Crippen MR) is 328 cm³/mol. The Morgan fingerprint density at radius 2 is 0.720 bits per heavy atom. The molecule has 0 aromatic heterocycles. The van der Waals surface area contributed by atoms with E-state index in [1.165, 1.54) is 289 Å². The normalized spacial score (nSPS) is 13.7. The highest BCUT2D eigenvalue weighted by Gasteiger charge is 2.28. The number of phosphoric ester groups is 1. The number of nitrogens with one attached hydrogen (secondary N) is 1. The number of quaternary nitrogens is 1. The molecule has 0 aliphatic carbocycles. The van der Waals surface area contributed by atoms with Gasteiger partial charge in [0.15, 0.2) is 0 Å². The highest BCUT2D eigenvalue weighted by Crippen LogP contribution is 2.43. The van der Waals surface area contributed by atoms with Crippen LogP contribution in [0.1, 0.15) is 354 Å². The van der Waals surface area contributed by atoms with Gasteiger partial charge in [-0.05, 0) is 38.5 Å². The van der Waals surface area contributed by atoms with E-state index in [0.717, 1.165) is 38.5 Å². The van der Waals surface area contributed by atoms with Crippen LogP contribution >= 0.6 is 7.82 Å². The number of allylic oxidation sites excluding steroid dienone is 2. The van der Waals surface area contributed by atoms with Gasteiger partial charge in [-0.2, -0.15) is 0 Å². The van der Waals surface area contributed by atoms with Crippen LogP contribution in [0.4, 0.5) is 0 Å². The zero-order valence-electron chi connectivity index (χ0n) is 51.3. The Morgan fingerprint density at radius 1 is 0.440 bits per heavy atom. The molecule has 0 rings (SSSR count). The number of carbonyl (C=O) groups excluding carboxylic acids is 1. The molecule has 0 aliphatic heterocycles. The summed E-state index contributed by atoms with van der Waals surface area (Å²) in [7, 11) is 1.64. The number of likely N-dealkylation sites (N-methyl/N-ethyl adjacent to an activating group) is 1. The van der Waals surface area contributed by atoms with E-state index in [4.69, 9.17) is 9.05 Å². The first kappa shape index (κ1) is 74.2. The highest BCUT2D eigenvalue weighted by molar-refractivity contribution is 7.47. The van der Waals surface area contributed by atoms with E-state index in [9.17, 15) is 19.4 Å². The molecule has 3 unspecified atom stereocenters. The quantitative estimate of drug-likeness (QED) is 0.0243. The molecule has 9 heteroatoms. The monoisotopic (exact) mass is 1080 g/mol. The standard InChI is InChI=1S/C66H133N2O6P/c1-6-8-10-12-14-16-18-20-22-23-24-25-26-27-28-29-30-31-32-33-34-35-36-37-38-39-40-41-42-43-44-45-46-48-50-52-54-56-58-60-66(70)67-64(63-74-75(71,72)73-62-61-68(3,4)5)65(69)59-57-55-53-51-49-47-21-19-17-15-13-11-9-7-2/h23-24,64-65,69H,6-22,25-63H2,1-5H3,(H-,67,70,71,72)/p+1/b24-23-. The first-order chi connectivity index (χ1) is 36.5. The van der Waals surface area contributed by atoms with Crippen LogP contribution in [0.15, 0.2) is 12.2 Å². The van der Waals surface area contributed by atoms with Crippen molar-refractivity contribution in [2.45, 2.75) is 366 Å². The second-order valence-electron chi connectivity index (χ2n) is 24.6. The van der Waals surface area contributed by atoms with E-state index < -0.39 is 20.0 Å². The molecule has 0 saturated carbocycles. The number of unbranched alkanes of at least 4 members (excludes halogenated alkanes) is 48. The fourth-order valence-electron chi connectivity index (χ4n) is 10.5. The molecule has 0 aromatic rings. The van der Waals surface area contributed by atoms with E-state index in [2.05, 4.69) is 31.3 Å². The molecule has 75 heavy (non-hydrogen) atoms. The van der Waals surface area contributed by atoms with Crippen molar-refractivity contribution in [2.24, 2.45) is 0 Å². The van der Waals surface area contributed by atoms with Crippen LogP contribution in [0.3, 0.4) is 0 Å². The minimum absolute atomic E-state index is 0.0784. The molecule has 3 N–H and O–H groups in total. The van der Waals surface area contributed by atoms with Crippen molar-refractivity contribution in [2.75, 3.05) is 40.9 Å². The summed E-state index contributed by atoms with van der Waals surface area (Å²) in [5, 5.41) is 14.1. The average Bonchev–Trinajstić information content (AvgIpc) is 3.37. The lowest BCUT2D eigenvalue weighted by Crippen LogP contribution is -2.46. The molecular weight excluding hydrogens is 948 g/mol. The van der Waals surface area contributed by atoms with Crippen LogP contribution in [-0.4, -0.2) is 73.4 Å². The summed E-state index contributed by atoms with van der Waals surface area (Å²) < 4.78 is 23.8. The molecule has 448 valence electrons. The first-order valence-electron chi connectivity index (χ1n) is 33.6. The maximum Gasteiger partial charge on any atom is 0.472 e. The molecule has 0 aromatic carbocycles. The Labute approximate surface area is 469 Å². The molecule has 0 heterocycles. The molecule has 0 saturated heterocycles. The zero-order valence-corrected chi connectivity index (χ0v) is 52.2. The van der Waals surface area contributed by atoms with Crippen molar-refractivity contribution in [3.05, 3.63) is 12.2 Å². The smallest absolute Gasteiger partial charge is 0.391 e. The van der Waals surface area contributed by atoms with Crippen LogP contribution in [0.5, 0.6) is 0 Å². The largest absolute Gasteiger partial charge is 0.472 e. The fraction of sp³-hybridized carbons (Fsp3) is 0.955. The van der Waals surface area contributed by atoms with Gasteiger partial charge >= 0.3 is 7.82 Å². The summed E-state index contributed by atoms with van der Waals surface area (Å²) in [5.74, 6) is -0.136. The summed E-state index contributed by atoms with van der Waals surface area (Å²) in [4.78, 5) is 23.4. The van der Waals surface area contributed by atoms with E-state index in [0.29, 0.717) is 23.9 Å². The molecule has 3 atom stereocenters.